The number of nitrogens with two attached hydrogens (primary N) is 1. The molecule has 2 N–H and O–H groups in total. The van der Waals surface area contributed by atoms with Crippen LogP contribution < -0.4 is 5.73 Å². The fraction of sp³-hybridized carbons (Fsp3) is 0.429. The molecule has 0 spiro atoms. The lowest BCUT2D eigenvalue weighted by molar-refractivity contribution is -0.132. The number of nitrogens with zero attached hydrogens (tertiary/aromatic N) is 2. The summed E-state index contributed by atoms with van der Waals surface area (Å²) in [5.41, 5.74) is 7.02. The van der Waals surface area contributed by atoms with Crippen molar-refractivity contribution >= 4 is 11.6 Å². The van der Waals surface area contributed by atoms with E-state index in [0.29, 0.717) is 13.1 Å². The summed E-state index contributed by atoms with van der Waals surface area (Å²) in [4.78, 5) is 12.2. The molecular weight excluding hydrogens is 245 g/mol. The minimum Gasteiger partial charge on any atom is -0.330 e. The van der Waals surface area contributed by atoms with E-state index in [1.54, 1.807) is 12.1 Å². The smallest absolute Gasteiger partial charge is 0.251 e. The molecule has 1 heterocycles. The number of amides is 1. The number of hydrazone groups is 1. The van der Waals surface area contributed by atoms with Crippen molar-refractivity contribution in [1.29, 1.82) is 0 Å². The quantitative estimate of drug-likeness (QED) is 0.882. The first kappa shape index (κ1) is 13.7. The number of carbonyl (C=O) groups excluding carboxylic acids is 1. The van der Waals surface area contributed by atoms with E-state index in [1.807, 2.05) is 6.92 Å². The topological polar surface area (TPSA) is 58.7 Å². The molecule has 1 atom stereocenters. The van der Waals surface area contributed by atoms with Crippen LogP contribution in [0.15, 0.2) is 29.4 Å². The van der Waals surface area contributed by atoms with Gasteiger partial charge in [0.15, 0.2) is 0 Å². The predicted octanol–water partition coefficient (Wildman–Crippen LogP) is 1.90. The first-order chi connectivity index (χ1) is 9.11. The SMILES string of the molecule is CC1=NN(Cc2cccc(F)c2)C(=O)C1CCCN. The molecule has 0 radical (unpaired) electrons. The molecule has 1 aromatic carbocycles. The molecule has 0 aromatic heterocycles. The number of carbonyl (C=O) groups is 1. The van der Waals surface area contributed by atoms with Crippen LogP contribution in [0.2, 0.25) is 0 Å². The largest absolute Gasteiger partial charge is 0.330 e. The number of rotatable bonds is 5. The molecule has 2 rings (SSSR count). The average Bonchev–Trinajstić information content (AvgIpc) is 2.62. The van der Waals surface area contributed by atoms with Gasteiger partial charge in [-0.25, -0.2) is 9.40 Å². The Balaban J connectivity index is 2.05. The second kappa shape index (κ2) is 5.93. The maximum Gasteiger partial charge on any atom is 0.251 e. The fourth-order valence-corrected chi connectivity index (χ4v) is 2.24. The molecule has 0 aliphatic carbocycles. The molecule has 1 amide bonds. The first-order valence-corrected chi connectivity index (χ1v) is 6.43. The minimum atomic E-state index is -0.301. The summed E-state index contributed by atoms with van der Waals surface area (Å²) in [7, 11) is 0. The van der Waals surface area contributed by atoms with Crippen molar-refractivity contribution < 1.29 is 9.18 Å². The summed E-state index contributed by atoms with van der Waals surface area (Å²) in [6, 6.07) is 6.22. The summed E-state index contributed by atoms with van der Waals surface area (Å²) >= 11 is 0. The molecule has 19 heavy (non-hydrogen) atoms. The van der Waals surface area contributed by atoms with Gasteiger partial charge in [-0.2, -0.15) is 5.10 Å². The maximum absolute atomic E-state index is 13.1. The van der Waals surface area contributed by atoms with Crippen LogP contribution in [0.5, 0.6) is 0 Å². The van der Waals surface area contributed by atoms with Gasteiger partial charge in [-0.3, -0.25) is 4.79 Å². The Morgan fingerprint density at radius 1 is 1.47 bits per heavy atom. The van der Waals surface area contributed by atoms with Crippen LogP contribution in [0.4, 0.5) is 4.39 Å². The molecule has 102 valence electrons. The van der Waals surface area contributed by atoms with Crippen LogP contribution in [0, 0.1) is 11.7 Å². The van der Waals surface area contributed by atoms with E-state index in [0.717, 1.165) is 24.1 Å². The maximum atomic E-state index is 13.1. The van der Waals surface area contributed by atoms with Crippen LogP contribution in [0.25, 0.3) is 0 Å². The Bertz CT molecular complexity index is 501. The predicted molar refractivity (Wildman–Crippen MR) is 71.8 cm³/mol. The van der Waals surface area contributed by atoms with Crippen molar-refractivity contribution in [1.82, 2.24) is 5.01 Å². The molecule has 0 fully saturated rings. The van der Waals surface area contributed by atoms with E-state index in [-0.39, 0.29) is 17.6 Å². The van der Waals surface area contributed by atoms with Gasteiger partial charge in [0.25, 0.3) is 5.91 Å². The summed E-state index contributed by atoms with van der Waals surface area (Å²) < 4.78 is 13.1. The molecule has 1 aliphatic rings. The van der Waals surface area contributed by atoms with Gasteiger partial charge >= 0.3 is 0 Å². The zero-order valence-electron chi connectivity index (χ0n) is 11.0. The van der Waals surface area contributed by atoms with Crippen LogP contribution in [0.3, 0.4) is 0 Å². The Hall–Kier alpha value is -1.75. The van der Waals surface area contributed by atoms with Crippen LogP contribution in [-0.2, 0) is 11.3 Å². The normalized spacial score (nSPS) is 18.9. The number of hydrogen-bond acceptors (Lipinski definition) is 3. The Morgan fingerprint density at radius 2 is 2.26 bits per heavy atom. The second-order valence-electron chi connectivity index (χ2n) is 4.75. The average molecular weight is 263 g/mol. The lowest BCUT2D eigenvalue weighted by Gasteiger charge is -2.14. The number of benzene rings is 1. The van der Waals surface area contributed by atoms with E-state index < -0.39 is 0 Å². The molecule has 1 aromatic rings. The summed E-state index contributed by atoms with van der Waals surface area (Å²) in [5.74, 6) is -0.489. The van der Waals surface area contributed by atoms with Gasteiger partial charge in [-0.1, -0.05) is 12.1 Å². The molecule has 0 bridgehead atoms. The molecule has 1 unspecified atom stereocenters. The van der Waals surface area contributed by atoms with Crippen molar-refractivity contribution in [3.8, 4) is 0 Å². The third-order valence-electron chi connectivity index (χ3n) is 3.25. The summed E-state index contributed by atoms with van der Waals surface area (Å²) in [6.45, 7) is 2.73. The van der Waals surface area contributed by atoms with Gasteiger partial charge in [-0.05, 0) is 44.0 Å². The monoisotopic (exact) mass is 263 g/mol. The van der Waals surface area contributed by atoms with Gasteiger partial charge in [0.2, 0.25) is 0 Å². The second-order valence-corrected chi connectivity index (χ2v) is 4.75. The third-order valence-corrected chi connectivity index (χ3v) is 3.25. The van der Waals surface area contributed by atoms with E-state index in [1.165, 1.54) is 17.1 Å². The van der Waals surface area contributed by atoms with Crippen LogP contribution in [0.1, 0.15) is 25.3 Å². The van der Waals surface area contributed by atoms with Crippen molar-refractivity contribution in [3.05, 3.63) is 35.6 Å². The third kappa shape index (κ3) is 3.17. The summed E-state index contributed by atoms with van der Waals surface area (Å²) in [6.07, 6.45) is 1.53. The Labute approximate surface area is 112 Å². The van der Waals surface area contributed by atoms with Crippen molar-refractivity contribution in [2.45, 2.75) is 26.3 Å². The minimum absolute atomic E-state index is 0.0183. The highest BCUT2D eigenvalue weighted by Crippen LogP contribution is 2.22. The molecule has 1 aliphatic heterocycles. The standard InChI is InChI=1S/C14H18FN3O/c1-10-13(6-3-7-16)14(19)18(17-10)9-11-4-2-5-12(15)8-11/h2,4-5,8,13H,3,6-7,9,16H2,1H3. The van der Waals surface area contributed by atoms with Gasteiger partial charge in [-0.15, -0.1) is 0 Å². The van der Waals surface area contributed by atoms with Gasteiger partial charge in [0.05, 0.1) is 12.5 Å². The van der Waals surface area contributed by atoms with E-state index in [9.17, 15) is 9.18 Å². The number of hydrogen-bond donors (Lipinski definition) is 1. The van der Waals surface area contributed by atoms with Gasteiger partial charge in [0.1, 0.15) is 5.82 Å². The van der Waals surface area contributed by atoms with Crippen LogP contribution >= 0.6 is 0 Å². The lowest BCUT2D eigenvalue weighted by atomic mass is 9.98. The number of halogens is 1. The molecule has 0 saturated heterocycles. The lowest BCUT2D eigenvalue weighted by Crippen LogP contribution is -2.27. The molecule has 0 saturated carbocycles. The Morgan fingerprint density at radius 3 is 2.95 bits per heavy atom. The molecule has 5 heteroatoms. The highest BCUT2D eigenvalue weighted by molar-refractivity contribution is 6.06. The van der Waals surface area contributed by atoms with E-state index in [4.69, 9.17) is 5.73 Å². The first-order valence-electron chi connectivity index (χ1n) is 6.43. The van der Waals surface area contributed by atoms with Crippen molar-refractivity contribution in [3.63, 3.8) is 0 Å². The van der Waals surface area contributed by atoms with Gasteiger partial charge in [0, 0.05) is 5.71 Å². The van der Waals surface area contributed by atoms with Gasteiger partial charge < -0.3 is 5.73 Å². The Kier molecular flexibility index (Phi) is 4.27. The van der Waals surface area contributed by atoms with E-state index in [2.05, 4.69) is 5.10 Å². The van der Waals surface area contributed by atoms with E-state index >= 15 is 0 Å². The highest BCUT2D eigenvalue weighted by atomic mass is 19.1. The zero-order valence-corrected chi connectivity index (χ0v) is 11.0. The molecule has 4 nitrogen and oxygen atoms in total. The zero-order chi connectivity index (χ0) is 13.8. The highest BCUT2D eigenvalue weighted by Gasteiger charge is 2.32. The molecular formula is C14H18FN3O. The summed E-state index contributed by atoms with van der Waals surface area (Å²) in [5, 5.41) is 5.69. The van der Waals surface area contributed by atoms with Crippen LogP contribution in [-0.4, -0.2) is 23.2 Å². The van der Waals surface area contributed by atoms with Crippen molar-refractivity contribution in [2.75, 3.05) is 6.54 Å². The fourth-order valence-electron chi connectivity index (χ4n) is 2.24. The van der Waals surface area contributed by atoms with Crippen molar-refractivity contribution in [2.24, 2.45) is 16.8 Å².